The van der Waals surface area contributed by atoms with Crippen LogP contribution in [0.2, 0.25) is 0 Å². The van der Waals surface area contributed by atoms with Crippen molar-refractivity contribution in [3.8, 4) is 23.0 Å². The van der Waals surface area contributed by atoms with Gasteiger partial charge in [-0.1, -0.05) is 48.0 Å². The third-order valence-electron chi connectivity index (χ3n) is 4.58. The summed E-state index contributed by atoms with van der Waals surface area (Å²) in [5.41, 5.74) is 1.18. The molecule has 228 valence electrons. The van der Waals surface area contributed by atoms with Gasteiger partial charge in [-0.25, -0.2) is 0 Å². The zero-order valence-corrected chi connectivity index (χ0v) is 28.5. The number of aliphatic imine (C=N–C) groups is 2. The maximum Gasteiger partial charge on any atom is 2.00 e. The molecule has 0 spiro atoms. The molecule has 0 saturated carbocycles. The van der Waals surface area contributed by atoms with Crippen LogP contribution in [0.25, 0.3) is 5.41 Å². The molecule has 0 aromatic heterocycles. The van der Waals surface area contributed by atoms with E-state index in [4.69, 9.17) is 30.2 Å². The van der Waals surface area contributed by atoms with Crippen LogP contribution in [0.1, 0.15) is 38.8 Å². The average Bonchev–Trinajstić information content (AvgIpc) is 2.93. The minimum absolute atomic E-state index is 0. The van der Waals surface area contributed by atoms with E-state index in [-0.39, 0.29) is 31.0 Å². The molecule has 2 aromatic carbocycles. The number of nitrogens with two attached hydrogens (primary N) is 2. The first-order chi connectivity index (χ1) is 19.7. The molecule has 2 rings (SSSR count). The van der Waals surface area contributed by atoms with Gasteiger partial charge in [0.1, 0.15) is 11.5 Å². The van der Waals surface area contributed by atoms with Crippen molar-refractivity contribution in [2.75, 3.05) is 52.5 Å². The Balaban J connectivity index is -0.000000581. The molecule has 0 bridgehead atoms. The Kier molecular flexibility index (Phi) is 31.2. The summed E-state index contributed by atoms with van der Waals surface area (Å²) in [5.74, 6) is 0.628. The van der Waals surface area contributed by atoms with Crippen molar-refractivity contribution in [1.29, 1.82) is 0 Å². The van der Waals surface area contributed by atoms with Gasteiger partial charge < -0.3 is 51.1 Å². The maximum atomic E-state index is 11.9. The predicted molar refractivity (Wildman–Crippen MR) is 160 cm³/mol. The molecule has 0 aliphatic rings. The zero-order valence-electron chi connectivity index (χ0n) is 24.7. The van der Waals surface area contributed by atoms with Crippen LogP contribution in [0.15, 0.2) is 46.4 Å². The van der Waals surface area contributed by atoms with E-state index in [0.29, 0.717) is 35.8 Å². The molecule has 42 heavy (non-hydrogen) atoms. The van der Waals surface area contributed by atoms with Crippen LogP contribution in [0.3, 0.4) is 0 Å². The summed E-state index contributed by atoms with van der Waals surface area (Å²) >= 11 is 3.70. The molecule has 0 unspecified atom stereocenters. The second-order valence-electron chi connectivity index (χ2n) is 7.57. The topological polar surface area (TPSA) is 211 Å². The summed E-state index contributed by atoms with van der Waals surface area (Å²) < 4.78 is 10.5. The Morgan fingerprint density at radius 1 is 0.857 bits per heavy atom. The summed E-state index contributed by atoms with van der Waals surface area (Å²) in [5, 5.41) is 51.3. The number of rotatable bonds is 14. The Hall–Kier alpha value is -3.48. The Morgan fingerprint density at radius 3 is 1.48 bits per heavy atom. The number of thiocarbonyl (C=S) groups is 1. The van der Waals surface area contributed by atoms with Gasteiger partial charge in [0.25, 0.3) is 0 Å². The monoisotopic (exact) mass is 656 g/mol. The molecule has 0 amide bonds. The van der Waals surface area contributed by atoms with Crippen LogP contribution < -0.4 is 30.3 Å². The largest absolute Gasteiger partial charge is 2.00 e. The van der Waals surface area contributed by atoms with Gasteiger partial charge in [-0.15, -0.1) is 0 Å². The molecule has 0 heterocycles. The number of para-hydroxylation sites is 2. The number of hydrogen-bond donors (Lipinski definition) is 2. The minimum atomic E-state index is -1.75. The van der Waals surface area contributed by atoms with Crippen LogP contribution in [0, 0.1) is 15.3 Å². The second-order valence-corrected chi connectivity index (χ2v) is 7.75. The summed E-state index contributed by atoms with van der Waals surface area (Å²) in [4.78, 5) is 16.7. The van der Waals surface area contributed by atoms with Gasteiger partial charge in [-0.3, -0.25) is 9.98 Å². The van der Waals surface area contributed by atoms with Crippen LogP contribution in [-0.2, 0) is 19.5 Å². The average molecular weight is 658 g/mol. The molecule has 0 aliphatic heterocycles. The first-order valence-electron chi connectivity index (χ1n) is 13.0. The number of isothiocyanates is 1. The van der Waals surface area contributed by atoms with Crippen molar-refractivity contribution in [2.45, 2.75) is 27.7 Å². The third-order valence-corrected chi connectivity index (χ3v) is 4.58. The van der Waals surface area contributed by atoms with Gasteiger partial charge in [0.05, 0.1) is 57.6 Å². The van der Waals surface area contributed by atoms with Crippen molar-refractivity contribution >= 4 is 29.8 Å². The fourth-order valence-corrected chi connectivity index (χ4v) is 2.87. The number of benzene rings is 2. The zero-order chi connectivity index (χ0) is 31.3. The smallest absolute Gasteiger partial charge is 0.870 e. The van der Waals surface area contributed by atoms with E-state index < -0.39 is 5.09 Å². The molecular formula is C27H40N6O7SZn. The molecule has 15 heteroatoms. The predicted octanol–water partition coefficient (Wildman–Crippen LogP) is 0.739. The van der Waals surface area contributed by atoms with E-state index in [1.54, 1.807) is 36.7 Å². The molecule has 13 nitrogen and oxygen atoms in total. The van der Waals surface area contributed by atoms with Crippen LogP contribution in [0.4, 0.5) is 0 Å². The first-order valence-corrected chi connectivity index (χ1v) is 13.5. The summed E-state index contributed by atoms with van der Waals surface area (Å²) in [6, 6.07) is 10.5. The molecule has 4 N–H and O–H groups in total. The van der Waals surface area contributed by atoms with Crippen LogP contribution in [0.5, 0.6) is 23.0 Å². The Labute approximate surface area is 265 Å². The van der Waals surface area contributed by atoms with E-state index in [1.807, 2.05) is 26.0 Å². The second kappa shape index (κ2) is 30.5. The van der Waals surface area contributed by atoms with E-state index in [0.717, 1.165) is 39.3 Å². The van der Waals surface area contributed by atoms with Gasteiger partial charge in [-0.2, -0.15) is 5.16 Å². The van der Waals surface area contributed by atoms with Crippen molar-refractivity contribution in [2.24, 2.45) is 9.98 Å². The van der Waals surface area contributed by atoms with E-state index in [2.05, 4.69) is 46.7 Å². The Morgan fingerprint density at radius 2 is 1.19 bits per heavy atom. The van der Waals surface area contributed by atoms with Gasteiger partial charge in [0.15, 0.2) is 0 Å². The van der Waals surface area contributed by atoms with E-state index in [9.17, 15) is 10.2 Å². The maximum absolute atomic E-state index is 11.9. The van der Waals surface area contributed by atoms with Gasteiger partial charge in [0, 0.05) is 12.4 Å². The van der Waals surface area contributed by atoms with E-state index >= 15 is 0 Å². The number of hydrogen-bond acceptors (Lipinski definition) is 10. The molecule has 2 aromatic rings. The number of nitrogens with zero attached hydrogens (tertiary/aromatic N) is 4. The van der Waals surface area contributed by atoms with Gasteiger partial charge in [-0.05, 0) is 51.0 Å². The standard InChI is InChI=1S/2C13H20N2O2.CNS.NO3.Zn/c2*1-3-14-8-9-15-10-11-6-5-7-12(13(11)16)17-4-2;2-1-3;2-1(3)4;/h2*5-7,10,14,16H,3-4,8-9H2,1-2H3;;;/q;;2*-1;+2. The van der Waals surface area contributed by atoms with Crippen LogP contribution >= 0.6 is 12.2 Å². The number of quaternary nitrogens is 2. The molecule has 0 fully saturated rings. The van der Waals surface area contributed by atoms with Crippen molar-refractivity contribution in [3.05, 3.63) is 68.3 Å². The van der Waals surface area contributed by atoms with Crippen LogP contribution in [-0.4, -0.2) is 75.2 Å². The fourth-order valence-electron chi connectivity index (χ4n) is 2.87. The normalized spacial score (nSPS) is 9.62. The fraction of sp³-hybridized carbons (Fsp3) is 0.444. The van der Waals surface area contributed by atoms with Crippen molar-refractivity contribution in [3.63, 3.8) is 0 Å². The summed E-state index contributed by atoms with van der Waals surface area (Å²) in [7, 11) is 0. The number of ether oxygens (including phenoxy) is 2. The molecular weight excluding hydrogens is 618 g/mol. The Bertz CT molecular complexity index is 996. The van der Waals surface area contributed by atoms with Crippen molar-refractivity contribution < 1.29 is 54.9 Å². The van der Waals surface area contributed by atoms with Crippen molar-refractivity contribution in [1.82, 2.24) is 0 Å². The van der Waals surface area contributed by atoms with E-state index in [1.165, 1.54) is 5.16 Å². The SMILES string of the molecule is CC[NH2+]CCN=Cc1cccc(OCC)c1[O-].CC[NH2+]CCN=Cc1cccc(OCC)c1[O-].O=[N+]([O-])[O-].[N-]=C=S.[Zn+2]. The molecule has 0 atom stereocenters. The van der Waals surface area contributed by atoms with Gasteiger partial charge in [0.2, 0.25) is 0 Å². The minimum Gasteiger partial charge on any atom is -0.870 e. The molecule has 0 saturated heterocycles. The first kappa shape index (κ1) is 43.0. The summed E-state index contributed by atoms with van der Waals surface area (Å²) in [6.45, 7) is 14.4. The summed E-state index contributed by atoms with van der Waals surface area (Å²) in [6.07, 6.45) is 3.27. The quantitative estimate of drug-likeness (QED) is 0.0737. The molecule has 0 aliphatic carbocycles. The molecule has 0 radical (unpaired) electrons. The van der Waals surface area contributed by atoms with Gasteiger partial charge >= 0.3 is 19.5 Å². The number of likely N-dealkylation sites (N-methyl/N-ethyl adjacent to an activating group) is 2. The third kappa shape index (κ3) is 23.3.